The van der Waals surface area contributed by atoms with Gasteiger partial charge in [0.2, 0.25) is 0 Å². The second kappa shape index (κ2) is 6.55. The molecule has 0 heterocycles. The highest BCUT2D eigenvalue weighted by molar-refractivity contribution is 9.11. The predicted molar refractivity (Wildman–Crippen MR) is 87.6 cm³/mol. The van der Waals surface area contributed by atoms with Gasteiger partial charge in [-0.05, 0) is 44.8 Å². The Morgan fingerprint density at radius 2 is 1.86 bits per heavy atom. The number of benzene rings is 2. The van der Waals surface area contributed by atoms with E-state index in [1.54, 1.807) is 0 Å². The molecule has 0 amide bonds. The molecule has 0 bridgehead atoms. The molecule has 5 nitrogen and oxygen atoms in total. The SMILES string of the molecule is Cc1ccc(Oc2c(Br)cc([N+](=O)[O-])cc2Br)c(CN)c1. The van der Waals surface area contributed by atoms with Gasteiger partial charge < -0.3 is 10.5 Å². The van der Waals surface area contributed by atoms with Gasteiger partial charge in [-0.2, -0.15) is 0 Å². The number of halogens is 2. The molecule has 2 aromatic rings. The van der Waals surface area contributed by atoms with E-state index in [-0.39, 0.29) is 5.69 Å². The van der Waals surface area contributed by atoms with E-state index < -0.39 is 4.92 Å². The number of rotatable bonds is 4. The minimum absolute atomic E-state index is 0.0240. The second-order valence-electron chi connectivity index (χ2n) is 4.41. The number of hydrogen-bond acceptors (Lipinski definition) is 4. The molecule has 0 aromatic heterocycles. The first-order valence-corrected chi connectivity index (χ1v) is 7.62. The third-order valence-corrected chi connectivity index (χ3v) is 4.02. The van der Waals surface area contributed by atoms with E-state index in [0.717, 1.165) is 11.1 Å². The molecule has 2 rings (SSSR count). The molecule has 21 heavy (non-hydrogen) atoms. The zero-order valence-electron chi connectivity index (χ0n) is 11.1. The maximum atomic E-state index is 10.8. The Hall–Kier alpha value is -1.44. The Kier molecular flexibility index (Phi) is 4.97. The van der Waals surface area contributed by atoms with Crippen LogP contribution in [-0.2, 0) is 6.54 Å². The van der Waals surface area contributed by atoms with E-state index in [9.17, 15) is 10.1 Å². The summed E-state index contributed by atoms with van der Waals surface area (Å²) in [4.78, 5) is 10.4. The zero-order chi connectivity index (χ0) is 15.6. The van der Waals surface area contributed by atoms with Crippen LogP contribution in [0.3, 0.4) is 0 Å². The van der Waals surface area contributed by atoms with Crippen molar-refractivity contribution in [2.24, 2.45) is 5.73 Å². The Labute approximate surface area is 138 Å². The lowest BCUT2D eigenvalue weighted by Crippen LogP contribution is -2.00. The third-order valence-electron chi connectivity index (χ3n) is 2.84. The summed E-state index contributed by atoms with van der Waals surface area (Å²) in [5.74, 6) is 1.09. The summed E-state index contributed by atoms with van der Waals surface area (Å²) in [6.45, 7) is 2.32. The third kappa shape index (κ3) is 3.61. The van der Waals surface area contributed by atoms with Crippen molar-refractivity contribution >= 4 is 37.5 Å². The minimum Gasteiger partial charge on any atom is -0.455 e. The number of nitrogens with zero attached hydrogens (tertiary/aromatic N) is 1. The van der Waals surface area contributed by atoms with Crippen molar-refractivity contribution in [3.05, 3.63) is 60.5 Å². The normalized spacial score (nSPS) is 10.5. The average Bonchev–Trinajstić information content (AvgIpc) is 2.43. The van der Waals surface area contributed by atoms with Gasteiger partial charge in [-0.1, -0.05) is 17.7 Å². The topological polar surface area (TPSA) is 78.4 Å². The van der Waals surface area contributed by atoms with Gasteiger partial charge >= 0.3 is 0 Å². The Balaban J connectivity index is 2.43. The lowest BCUT2D eigenvalue weighted by atomic mass is 10.1. The fourth-order valence-electron chi connectivity index (χ4n) is 1.83. The number of nitrogens with two attached hydrogens (primary N) is 1. The van der Waals surface area contributed by atoms with Gasteiger partial charge in [0.1, 0.15) is 5.75 Å². The first kappa shape index (κ1) is 15.9. The van der Waals surface area contributed by atoms with Crippen molar-refractivity contribution in [1.82, 2.24) is 0 Å². The van der Waals surface area contributed by atoms with E-state index in [1.165, 1.54) is 12.1 Å². The summed E-state index contributed by atoms with van der Waals surface area (Å²) in [7, 11) is 0. The van der Waals surface area contributed by atoms with Crippen LogP contribution < -0.4 is 10.5 Å². The lowest BCUT2D eigenvalue weighted by Gasteiger charge is -2.13. The maximum Gasteiger partial charge on any atom is 0.271 e. The largest absolute Gasteiger partial charge is 0.455 e. The highest BCUT2D eigenvalue weighted by Crippen LogP contribution is 2.40. The van der Waals surface area contributed by atoms with E-state index in [0.29, 0.717) is 27.0 Å². The van der Waals surface area contributed by atoms with Gasteiger partial charge in [-0.25, -0.2) is 0 Å². The number of aryl methyl sites for hydroxylation is 1. The van der Waals surface area contributed by atoms with E-state index in [1.807, 2.05) is 25.1 Å². The molecule has 0 radical (unpaired) electrons. The monoisotopic (exact) mass is 414 g/mol. The molecule has 2 aromatic carbocycles. The fourth-order valence-corrected chi connectivity index (χ4v) is 3.15. The van der Waals surface area contributed by atoms with E-state index >= 15 is 0 Å². The van der Waals surface area contributed by atoms with Crippen molar-refractivity contribution in [2.45, 2.75) is 13.5 Å². The molecule has 0 fully saturated rings. The Morgan fingerprint density at radius 1 is 1.24 bits per heavy atom. The molecule has 0 saturated carbocycles. The molecule has 0 saturated heterocycles. The smallest absolute Gasteiger partial charge is 0.271 e. The summed E-state index contributed by atoms with van der Waals surface area (Å²) in [6, 6.07) is 8.49. The summed E-state index contributed by atoms with van der Waals surface area (Å²) >= 11 is 6.59. The number of nitro benzene ring substituents is 1. The number of ether oxygens (including phenoxy) is 1. The highest BCUT2D eigenvalue weighted by atomic mass is 79.9. The maximum absolute atomic E-state index is 10.8. The molecule has 0 spiro atoms. The molecular formula is C14H12Br2N2O3. The molecule has 0 atom stereocenters. The molecule has 110 valence electrons. The van der Waals surface area contributed by atoms with Crippen molar-refractivity contribution < 1.29 is 9.66 Å². The Morgan fingerprint density at radius 3 is 2.38 bits per heavy atom. The van der Waals surface area contributed by atoms with Crippen molar-refractivity contribution in [3.8, 4) is 11.5 Å². The first-order valence-electron chi connectivity index (χ1n) is 6.03. The van der Waals surface area contributed by atoms with Crippen LogP contribution in [0.4, 0.5) is 5.69 Å². The van der Waals surface area contributed by atoms with Crippen LogP contribution >= 0.6 is 31.9 Å². The fraction of sp³-hybridized carbons (Fsp3) is 0.143. The summed E-state index contributed by atoms with van der Waals surface area (Å²) < 4.78 is 6.84. The molecular weight excluding hydrogens is 404 g/mol. The van der Waals surface area contributed by atoms with Crippen LogP contribution in [0.15, 0.2) is 39.3 Å². The minimum atomic E-state index is -0.462. The lowest BCUT2D eigenvalue weighted by molar-refractivity contribution is -0.385. The number of hydrogen-bond donors (Lipinski definition) is 1. The molecule has 0 aliphatic heterocycles. The van der Waals surface area contributed by atoms with Gasteiger partial charge in [-0.3, -0.25) is 10.1 Å². The van der Waals surface area contributed by atoms with Gasteiger partial charge in [0.15, 0.2) is 5.75 Å². The van der Waals surface area contributed by atoms with Crippen molar-refractivity contribution in [3.63, 3.8) is 0 Å². The van der Waals surface area contributed by atoms with E-state index in [2.05, 4.69) is 31.9 Å². The molecule has 2 N–H and O–H groups in total. The van der Waals surface area contributed by atoms with Gasteiger partial charge in [-0.15, -0.1) is 0 Å². The number of non-ortho nitro benzene ring substituents is 1. The first-order chi connectivity index (χ1) is 9.92. The van der Waals surface area contributed by atoms with Crippen LogP contribution in [0, 0.1) is 17.0 Å². The molecule has 0 aliphatic carbocycles. The highest BCUT2D eigenvalue weighted by Gasteiger charge is 2.16. The second-order valence-corrected chi connectivity index (χ2v) is 6.12. The quantitative estimate of drug-likeness (QED) is 0.580. The van der Waals surface area contributed by atoms with Crippen LogP contribution in [-0.4, -0.2) is 4.92 Å². The summed E-state index contributed by atoms with van der Waals surface area (Å²) in [6.07, 6.45) is 0. The molecule has 0 aliphatic rings. The molecule has 0 unspecified atom stereocenters. The predicted octanol–water partition coefficient (Wildman–Crippen LogP) is 4.68. The van der Waals surface area contributed by atoms with Crippen molar-refractivity contribution in [1.29, 1.82) is 0 Å². The molecule has 7 heteroatoms. The Bertz CT molecular complexity index is 682. The van der Waals surface area contributed by atoms with Crippen LogP contribution in [0.25, 0.3) is 0 Å². The van der Waals surface area contributed by atoms with Gasteiger partial charge in [0, 0.05) is 24.2 Å². The van der Waals surface area contributed by atoms with Crippen LogP contribution in [0.1, 0.15) is 11.1 Å². The number of nitro groups is 1. The summed E-state index contributed by atoms with van der Waals surface area (Å²) in [5.41, 5.74) is 7.65. The van der Waals surface area contributed by atoms with Gasteiger partial charge in [0.25, 0.3) is 5.69 Å². The van der Waals surface area contributed by atoms with E-state index in [4.69, 9.17) is 10.5 Å². The van der Waals surface area contributed by atoms with Crippen molar-refractivity contribution in [2.75, 3.05) is 0 Å². The van der Waals surface area contributed by atoms with Gasteiger partial charge in [0.05, 0.1) is 13.9 Å². The van der Waals surface area contributed by atoms with Crippen LogP contribution in [0.5, 0.6) is 11.5 Å². The average molecular weight is 416 g/mol. The van der Waals surface area contributed by atoms with Crippen LogP contribution in [0.2, 0.25) is 0 Å². The zero-order valence-corrected chi connectivity index (χ0v) is 14.3. The summed E-state index contributed by atoms with van der Waals surface area (Å²) in [5, 5.41) is 10.8. The standard InChI is InChI=1S/C14H12Br2N2O3/c1-8-2-3-13(9(4-8)7-17)21-14-11(15)5-10(18(19)20)6-12(14)16/h2-6H,7,17H2,1H3.